The Labute approximate surface area is 152 Å². The Bertz CT molecular complexity index is 761. The molecule has 0 radical (unpaired) electrons. The number of nitrogens with zero attached hydrogens (tertiary/aromatic N) is 1. The number of carbonyl (C=O) groups excluding carboxylic acids is 1. The fourth-order valence-corrected chi connectivity index (χ4v) is 2.72. The minimum atomic E-state index is -0.0750. The van der Waals surface area contributed by atoms with Crippen LogP contribution in [-0.2, 0) is 24.4 Å². The molecule has 0 atom stereocenters. The van der Waals surface area contributed by atoms with E-state index < -0.39 is 0 Å². The van der Waals surface area contributed by atoms with Crippen molar-refractivity contribution in [2.24, 2.45) is 0 Å². The first kappa shape index (κ1) is 17.8. The third kappa shape index (κ3) is 5.00. The molecule has 0 unspecified atom stereocenters. The Kier molecular flexibility index (Phi) is 6.11. The molecule has 0 fully saturated rings. The second-order valence-electron chi connectivity index (χ2n) is 5.89. The average molecular weight is 354 g/mol. The molecule has 6 heteroatoms. The van der Waals surface area contributed by atoms with Crippen molar-refractivity contribution in [2.75, 3.05) is 13.7 Å². The molecular weight excluding hydrogens is 332 g/mol. The van der Waals surface area contributed by atoms with E-state index in [1.165, 1.54) is 0 Å². The average Bonchev–Trinajstić information content (AvgIpc) is 3.34. The fraction of sp³-hybridized carbons (Fsp3) is 0.250. The highest BCUT2D eigenvalue weighted by atomic mass is 16.5. The van der Waals surface area contributed by atoms with Crippen LogP contribution in [-0.4, -0.2) is 24.5 Å². The van der Waals surface area contributed by atoms with Crippen LogP contribution >= 0.6 is 0 Å². The molecule has 0 spiro atoms. The zero-order chi connectivity index (χ0) is 18.2. The maximum absolute atomic E-state index is 12.4. The molecule has 3 rings (SSSR count). The summed E-state index contributed by atoms with van der Waals surface area (Å²) in [7, 11) is 1.62. The van der Waals surface area contributed by atoms with Crippen molar-refractivity contribution in [3.8, 4) is 5.75 Å². The van der Waals surface area contributed by atoms with Crippen molar-refractivity contribution in [3.63, 3.8) is 0 Å². The van der Waals surface area contributed by atoms with Crippen molar-refractivity contribution in [3.05, 3.63) is 78.1 Å². The molecular formula is C20H22N2O4. The molecule has 0 saturated heterocycles. The van der Waals surface area contributed by atoms with Crippen LogP contribution in [0.15, 0.2) is 69.9 Å². The highest BCUT2D eigenvalue weighted by Crippen LogP contribution is 2.17. The van der Waals surface area contributed by atoms with Gasteiger partial charge in [0.15, 0.2) is 0 Å². The summed E-state index contributed by atoms with van der Waals surface area (Å²) in [4.78, 5) is 14.4. The van der Waals surface area contributed by atoms with Crippen LogP contribution in [0.2, 0.25) is 0 Å². The molecule has 1 aromatic carbocycles. The molecule has 0 aliphatic carbocycles. The number of hydrogen-bond donors (Lipinski definition) is 1. The number of methoxy groups -OCH3 is 1. The van der Waals surface area contributed by atoms with Crippen LogP contribution in [0.5, 0.6) is 5.75 Å². The Balaban J connectivity index is 1.59. The van der Waals surface area contributed by atoms with Crippen LogP contribution in [0.4, 0.5) is 0 Å². The summed E-state index contributed by atoms with van der Waals surface area (Å²) in [5.74, 6) is 2.29. The second-order valence-corrected chi connectivity index (χ2v) is 5.89. The van der Waals surface area contributed by atoms with Gasteiger partial charge in [0.1, 0.15) is 17.3 Å². The number of amides is 1. The maximum atomic E-state index is 12.4. The molecule has 26 heavy (non-hydrogen) atoms. The first-order valence-corrected chi connectivity index (χ1v) is 8.40. The standard InChI is InChI=1S/C20H22N2O4/c1-24-19-9-3-2-6-16(19)12-21-20(23)15-22(13-17-7-4-10-25-17)14-18-8-5-11-26-18/h2-11H,12-15H2,1H3,(H,21,23). The molecule has 6 nitrogen and oxygen atoms in total. The van der Waals surface area contributed by atoms with Gasteiger partial charge in [-0.2, -0.15) is 0 Å². The minimum Gasteiger partial charge on any atom is -0.496 e. The number of carbonyl (C=O) groups is 1. The fourth-order valence-electron chi connectivity index (χ4n) is 2.72. The van der Waals surface area contributed by atoms with Crippen LogP contribution in [0, 0.1) is 0 Å². The summed E-state index contributed by atoms with van der Waals surface area (Å²) in [5.41, 5.74) is 0.937. The Morgan fingerprint density at radius 1 is 1.00 bits per heavy atom. The lowest BCUT2D eigenvalue weighted by atomic mass is 10.2. The highest BCUT2D eigenvalue weighted by molar-refractivity contribution is 5.78. The van der Waals surface area contributed by atoms with Gasteiger partial charge in [-0.25, -0.2) is 0 Å². The van der Waals surface area contributed by atoms with Gasteiger partial charge in [0.2, 0.25) is 5.91 Å². The largest absolute Gasteiger partial charge is 0.496 e. The number of furan rings is 2. The van der Waals surface area contributed by atoms with Crippen molar-refractivity contribution < 1.29 is 18.4 Å². The number of para-hydroxylation sites is 1. The number of benzene rings is 1. The normalized spacial score (nSPS) is 10.8. The van der Waals surface area contributed by atoms with Crippen LogP contribution in [0.25, 0.3) is 0 Å². The third-order valence-corrected chi connectivity index (χ3v) is 3.95. The zero-order valence-electron chi connectivity index (χ0n) is 14.7. The van der Waals surface area contributed by atoms with Gasteiger partial charge >= 0.3 is 0 Å². The lowest BCUT2D eigenvalue weighted by Crippen LogP contribution is -2.36. The molecule has 2 aromatic heterocycles. The summed E-state index contributed by atoms with van der Waals surface area (Å²) in [6, 6.07) is 15.1. The topological polar surface area (TPSA) is 67.8 Å². The summed E-state index contributed by atoms with van der Waals surface area (Å²) in [5, 5.41) is 2.94. The second kappa shape index (κ2) is 8.92. The molecule has 0 aliphatic rings. The monoisotopic (exact) mass is 354 g/mol. The molecule has 136 valence electrons. The lowest BCUT2D eigenvalue weighted by molar-refractivity contribution is -0.122. The summed E-state index contributed by atoms with van der Waals surface area (Å²) in [6.45, 7) is 1.69. The number of ether oxygens (including phenoxy) is 1. The van der Waals surface area contributed by atoms with Crippen molar-refractivity contribution in [2.45, 2.75) is 19.6 Å². The van der Waals surface area contributed by atoms with Crippen molar-refractivity contribution >= 4 is 5.91 Å². The van der Waals surface area contributed by atoms with E-state index in [1.54, 1.807) is 19.6 Å². The van der Waals surface area contributed by atoms with Crippen LogP contribution < -0.4 is 10.1 Å². The first-order valence-electron chi connectivity index (χ1n) is 8.40. The molecule has 0 bridgehead atoms. The third-order valence-electron chi connectivity index (χ3n) is 3.95. The molecule has 2 heterocycles. The number of nitrogens with one attached hydrogen (secondary N) is 1. The van der Waals surface area contributed by atoms with E-state index in [-0.39, 0.29) is 12.5 Å². The van der Waals surface area contributed by atoms with E-state index in [9.17, 15) is 4.79 Å². The van der Waals surface area contributed by atoms with Crippen molar-refractivity contribution in [1.29, 1.82) is 0 Å². The molecule has 1 N–H and O–H groups in total. The summed E-state index contributed by atoms with van der Waals surface area (Å²) in [6.07, 6.45) is 3.25. The van der Waals surface area contributed by atoms with Gasteiger partial charge in [-0.15, -0.1) is 0 Å². The number of rotatable bonds is 9. The Hall–Kier alpha value is -2.99. The number of hydrogen-bond acceptors (Lipinski definition) is 5. The van der Waals surface area contributed by atoms with Crippen LogP contribution in [0.1, 0.15) is 17.1 Å². The van der Waals surface area contributed by atoms with Gasteiger partial charge < -0.3 is 18.9 Å². The SMILES string of the molecule is COc1ccccc1CNC(=O)CN(Cc1ccco1)Cc1ccco1. The zero-order valence-corrected chi connectivity index (χ0v) is 14.7. The molecule has 3 aromatic rings. The van der Waals surface area contributed by atoms with Gasteiger partial charge in [0.05, 0.1) is 39.3 Å². The molecule has 1 amide bonds. The van der Waals surface area contributed by atoms with Gasteiger partial charge in [-0.1, -0.05) is 18.2 Å². The predicted octanol–water partition coefficient (Wildman–Crippen LogP) is 3.20. The summed E-state index contributed by atoms with van der Waals surface area (Å²) < 4.78 is 16.1. The Morgan fingerprint density at radius 3 is 2.23 bits per heavy atom. The van der Waals surface area contributed by atoms with Gasteiger partial charge in [-0.05, 0) is 30.3 Å². The van der Waals surface area contributed by atoms with Gasteiger partial charge in [-0.3, -0.25) is 9.69 Å². The van der Waals surface area contributed by atoms with Crippen LogP contribution in [0.3, 0.4) is 0 Å². The van der Waals surface area contributed by atoms with E-state index >= 15 is 0 Å². The van der Waals surface area contributed by atoms with E-state index in [2.05, 4.69) is 5.32 Å². The lowest BCUT2D eigenvalue weighted by Gasteiger charge is -2.19. The van der Waals surface area contributed by atoms with E-state index in [0.717, 1.165) is 22.8 Å². The predicted molar refractivity (Wildman–Crippen MR) is 96.4 cm³/mol. The first-order chi connectivity index (χ1) is 12.7. The van der Waals surface area contributed by atoms with E-state index in [4.69, 9.17) is 13.6 Å². The quantitative estimate of drug-likeness (QED) is 0.639. The Morgan fingerprint density at radius 2 is 1.65 bits per heavy atom. The van der Waals surface area contributed by atoms with E-state index in [1.807, 2.05) is 53.4 Å². The van der Waals surface area contributed by atoms with Gasteiger partial charge in [0.25, 0.3) is 0 Å². The van der Waals surface area contributed by atoms with Gasteiger partial charge in [0, 0.05) is 12.1 Å². The smallest absolute Gasteiger partial charge is 0.234 e. The molecule has 0 aliphatic heterocycles. The van der Waals surface area contributed by atoms with E-state index in [0.29, 0.717) is 19.6 Å². The minimum absolute atomic E-state index is 0.0750. The summed E-state index contributed by atoms with van der Waals surface area (Å²) >= 11 is 0. The van der Waals surface area contributed by atoms with Crippen molar-refractivity contribution in [1.82, 2.24) is 10.2 Å². The highest BCUT2D eigenvalue weighted by Gasteiger charge is 2.15. The maximum Gasteiger partial charge on any atom is 0.234 e. The molecule has 0 saturated carbocycles.